The molecule has 1 heterocycles. The van der Waals surface area contributed by atoms with Gasteiger partial charge < -0.3 is 9.84 Å². The van der Waals surface area contributed by atoms with Crippen molar-refractivity contribution in [2.75, 3.05) is 7.05 Å². The predicted octanol–water partition coefficient (Wildman–Crippen LogP) is 8.20. The van der Waals surface area contributed by atoms with Gasteiger partial charge in [0.1, 0.15) is 23.4 Å². The highest BCUT2D eigenvalue weighted by atomic mass is 32.1. The highest BCUT2D eigenvalue weighted by Gasteiger charge is 2.24. The number of benzene rings is 3. The molecular weight excluding hydrogens is 516 g/mol. The van der Waals surface area contributed by atoms with Crippen molar-refractivity contribution in [2.45, 2.75) is 71.1 Å². The van der Waals surface area contributed by atoms with Crippen molar-refractivity contribution in [3.8, 4) is 17.0 Å². The molecule has 0 radical (unpaired) electrons. The lowest BCUT2D eigenvalue weighted by Crippen LogP contribution is -2.39. The molecule has 0 aliphatic rings. The molecule has 0 fully saturated rings. The number of thiazole rings is 1. The number of nitrogens with zero attached hydrogens (tertiary/aromatic N) is 2. The molecule has 3 aromatic carbocycles. The molecule has 0 aliphatic carbocycles. The van der Waals surface area contributed by atoms with Crippen LogP contribution in [0.3, 0.4) is 0 Å². The lowest BCUT2D eigenvalue weighted by Gasteiger charge is -2.23. The van der Waals surface area contributed by atoms with E-state index in [1.165, 1.54) is 31.2 Å². The zero-order valence-electron chi connectivity index (χ0n) is 23.8. The fourth-order valence-electron chi connectivity index (χ4n) is 5.06. The quantitative estimate of drug-likeness (QED) is 0.160. The normalized spacial score (nSPS) is 12.1. The van der Waals surface area contributed by atoms with Gasteiger partial charge in [-0.1, -0.05) is 93.4 Å². The molecule has 4 aromatic rings. The first kappa shape index (κ1) is 29.5. The third-order valence-corrected chi connectivity index (χ3v) is 8.14. The summed E-state index contributed by atoms with van der Waals surface area (Å²) in [4.78, 5) is 18.6. The molecule has 40 heavy (non-hydrogen) atoms. The van der Waals surface area contributed by atoms with E-state index < -0.39 is 12.0 Å². The Morgan fingerprint density at radius 1 is 0.925 bits per heavy atom. The van der Waals surface area contributed by atoms with E-state index in [4.69, 9.17) is 9.72 Å². The van der Waals surface area contributed by atoms with E-state index in [0.29, 0.717) is 25.5 Å². The molecule has 0 bridgehead atoms. The van der Waals surface area contributed by atoms with E-state index in [0.717, 1.165) is 33.1 Å². The molecule has 0 aliphatic heterocycles. The molecule has 1 aromatic heterocycles. The molecule has 0 saturated carbocycles. The SMILES string of the molecule is CCCC(CCC)c1ccc(OCc2ccc(-c3csc(CN(C)C(Cc4ccccc4)C(=O)O)n3)cc2)cc1. The summed E-state index contributed by atoms with van der Waals surface area (Å²) < 4.78 is 6.06. The fourth-order valence-corrected chi connectivity index (χ4v) is 5.92. The molecule has 1 atom stereocenters. The monoisotopic (exact) mass is 556 g/mol. The van der Waals surface area contributed by atoms with E-state index in [1.807, 2.05) is 47.7 Å². The Balaban J connectivity index is 1.32. The largest absolute Gasteiger partial charge is 0.489 e. The van der Waals surface area contributed by atoms with Gasteiger partial charge >= 0.3 is 5.97 Å². The van der Waals surface area contributed by atoms with Gasteiger partial charge in [-0.05, 0) is 61.1 Å². The lowest BCUT2D eigenvalue weighted by molar-refractivity contribution is -0.142. The van der Waals surface area contributed by atoms with Gasteiger partial charge in [0.05, 0.1) is 12.2 Å². The van der Waals surface area contributed by atoms with Crippen LogP contribution in [0.5, 0.6) is 5.75 Å². The van der Waals surface area contributed by atoms with Crippen LogP contribution in [0.4, 0.5) is 0 Å². The van der Waals surface area contributed by atoms with Gasteiger partial charge in [0, 0.05) is 10.9 Å². The van der Waals surface area contributed by atoms with Crippen molar-refractivity contribution >= 4 is 17.3 Å². The Hall–Kier alpha value is -3.48. The number of carboxylic acid groups (broad SMARTS) is 1. The Morgan fingerprint density at radius 2 is 1.60 bits per heavy atom. The molecule has 0 spiro atoms. The van der Waals surface area contributed by atoms with Crippen LogP contribution in [-0.2, 0) is 24.4 Å². The summed E-state index contributed by atoms with van der Waals surface area (Å²) in [5.41, 5.74) is 5.46. The van der Waals surface area contributed by atoms with Crippen LogP contribution in [-0.4, -0.2) is 34.0 Å². The number of carbonyl (C=O) groups is 1. The Morgan fingerprint density at radius 3 is 2.23 bits per heavy atom. The predicted molar refractivity (Wildman–Crippen MR) is 164 cm³/mol. The molecule has 0 amide bonds. The minimum atomic E-state index is -0.825. The number of aromatic nitrogens is 1. The topological polar surface area (TPSA) is 62.7 Å². The van der Waals surface area contributed by atoms with E-state index in [9.17, 15) is 9.90 Å². The molecule has 6 heteroatoms. The van der Waals surface area contributed by atoms with Gasteiger partial charge in [-0.2, -0.15) is 0 Å². The average Bonchev–Trinajstić information content (AvgIpc) is 3.44. The maximum Gasteiger partial charge on any atom is 0.321 e. The smallest absolute Gasteiger partial charge is 0.321 e. The second-order valence-electron chi connectivity index (χ2n) is 10.4. The molecule has 1 N–H and O–H groups in total. The van der Waals surface area contributed by atoms with Gasteiger partial charge in [-0.3, -0.25) is 9.69 Å². The standard InChI is InChI=1S/C34H40N2O3S/c1-4-9-27(10-5-2)28-17-19-30(20-18-28)39-23-26-13-15-29(16-14-26)31-24-40-33(35-31)22-36(3)32(34(37)38)21-25-11-7-6-8-12-25/h6-8,11-20,24,27,32H,4-5,9-10,21-23H2,1-3H3,(H,37,38). The molecule has 5 nitrogen and oxygen atoms in total. The number of hydrogen-bond acceptors (Lipinski definition) is 5. The third kappa shape index (κ3) is 8.26. The number of hydrogen-bond donors (Lipinski definition) is 1. The summed E-state index contributed by atoms with van der Waals surface area (Å²) in [6.07, 6.45) is 5.33. The van der Waals surface area contributed by atoms with Crippen molar-refractivity contribution in [1.82, 2.24) is 9.88 Å². The van der Waals surface area contributed by atoms with E-state index in [2.05, 4.69) is 62.4 Å². The second-order valence-corrected chi connectivity index (χ2v) is 11.4. The zero-order chi connectivity index (χ0) is 28.3. The number of carboxylic acids is 1. The van der Waals surface area contributed by atoms with Crippen LogP contribution in [0.25, 0.3) is 11.3 Å². The molecular formula is C34H40N2O3S. The lowest BCUT2D eigenvalue weighted by atomic mass is 9.90. The number of rotatable bonds is 15. The summed E-state index contributed by atoms with van der Waals surface area (Å²) in [5.74, 6) is 0.699. The zero-order valence-corrected chi connectivity index (χ0v) is 24.6. The average molecular weight is 557 g/mol. The van der Waals surface area contributed by atoms with Crippen LogP contribution >= 0.6 is 11.3 Å². The van der Waals surface area contributed by atoms with E-state index >= 15 is 0 Å². The van der Waals surface area contributed by atoms with Crippen LogP contribution in [0.1, 0.15) is 67.1 Å². The summed E-state index contributed by atoms with van der Waals surface area (Å²) in [5, 5.41) is 12.7. The highest BCUT2D eigenvalue weighted by Crippen LogP contribution is 2.28. The van der Waals surface area contributed by atoms with Gasteiger partial charge in [-0.25, -0.2) is 4.98 Å². The van der Waals surface area contributed by atoms with Crippen molar-refractivity contribution in [1.29, 1.82) is 0 Å². The summed E-state index contributed by atoms with van der Waals surface area (Å²) >= 11 is 1.56. The van der Waals surface area contributed by atoms with Gasteiger partial charge in [0.2, 0.25) is 0 Å². The van der Waals surface area contributed by atoms with Crippen molar-refractivity contribution < 1.29 is 14.6 Å². The Kier molecular flexibility index (Phi) is 10.9. The van der Waals surface area contributed by atoms with Gasteiger partial charge in [0.15, 0.2) is 0 Å². The van der Waals surface area contributed by atoms with Crippen LogP contribution < -0.4 is 4.74 Å². The van der Waals surface area contributed by atoms with E-state index in [1.54, 1.807) is 11.3 Å². The van der Waals surface area contributed by atoms with Crippen molar-refractivity contribution in [2.24, 2.45) is 0 Å². The molecule has 4 rings (SSSR count). The second kappa shape index (κ2) is 14.8. The first-order valence-electron chi connectivity index (χ1n) is 14.2. The molecule has 0 saturated heterocycles. The Bertz CT molecular complexity index is 1310. The van der Waals surface area contributed by atoms with Crippen molar-refractivity contribution in [3.05, 3.63) is 106 Å². The summed E-state index contributed by atoms with van der Waals surface area (Å²) in [6, 6.07) is 26.0. The molecule has 210 valence electrons. The van der Waals surface area contributed by atoms with Crippen LogP contribution in [0.2, 0.25) is 0 Å². The van der Waals surface area contributed by atoms with Gasteiger partial charge in [0.25, 0.3) is 0 Å². The molecule has 1 unspecified atom stereocenters. The minimum absolute atomic E-state index is 0.455. The first-order valence-corrected chi connectivity index (χ1v) is 15.1. The summed E-state index contributed by atoms with van der Waals surface area (Å²) in [7, 11) is 1.85. The number of aliphatic carboxylic acids is 1. The van der Waals surface area contributed by atoms with E-state index in [-0.39, 0.29) is 0 Å². The van der Waals surface area contributed by atoms with Crippen molar-refractivity contribution in [3.63, 3.8) is 0 Å². The van der Waals surface area contributed by atoms with Crippen LogP contribution in [0, 0.1) is 0 Å². The minimum Gasteiger partial charge on any atom is -0.489 e. The summed E-state index contributed by atoms with van der Waals surface area (Å²) in [6.45, 7) is 5.50. The Labute approximate surface area is 242 Å². The number of likely N-dealkylation sites (N-methyl/N-ethyl adjacent to an activating group) is 1. The fraction of sp³-hybridized carbons (Fsp3) is 0.353. The first-order chi connectivity index (χ1) is 19.5. The maximum absolute atomic E-state index is 12.0. The third-order valence-electron chi connectivity index (χ3n) is 7.31. The maximum atomic E-state index is 12.0. The van der Waals surface area contributed by atoms with Gasteiger partial charge in [-0.15, -0.1) is 11.3 Å². The highest BCUT2D eigenvalue weighted by molar-refractivity contribution is 7.09. The van der Waals surface area contributed by atoms with Crippen LogP contribution in [0.15, 0.2) is 84.2 Å². The number of ether oxygens (including phenoxy) is 1.